The van der Waals surface area contributed by atoms with Gasteiger partial charge in [0.05, 0.1) is 7.11 Å². The Labute approximate surface area is 74.4 Å². The zero-order chi connectivity index (χ0) is 9.56. The molecule has 0 unspecified atom stereocenters. The fourth-order valence-corrected chi connectivity index (χ4v) is 0.867. The van der Waals surface area contributed by atoms with Crippen molar-refractivity contribution >= 4 is 0 Å². The molecule has 0 saturated carbocycles. The second kappa shape index (κ2) is 5.61. The first-order chi connectivity index (χ1) is 5.65. The first-order valence-corrected chi connectivity index (χ1v) is 3.92. The molecule has 0 aromatic carbocycles. The van der Waals surface area contributed by atoms with Crippen molar-refractivity contribution in [3.8, 4) is 0 Å². The van der Waals surface area contributed by atoms with Crippen LogP contribution in [0.3, 0.4) is 0 Å². The summed E-state index contributed by atoms with van der Waals surface area (Å²) in [4.78, 5) is 0. The van der Waals surface area contributed by atoms with Crippen LogP contribution in [0.1, 0.15) is 13.8 Å². The van der Waals surface area contributed by atoms with E-state index >= 15 is 0 Å². The molecule has 0 aromatic rings. The third-order valence-electron chi connectivity index (χ3n) is 1.48. The van der Waals surface area contributed by atoms with E-state index in [0.29, 0.717) is 6.54 Å². The first-order valence-electron chi connectivity index (χ1n) is 3.92. The molecule has 0 heterocycles. The molecule has 0 atom stereocenters. The fourth-order valence-electron chi connectivity index (χ4n) is 0.867. The van der Waals surface area contributed by atoms with Crippen molar-refractivity contribution in [1.29, 1.82) is 0 Å². The van der Waals surface area contributed by atoms with E-state index in [0.717, 1.165) is 16.9 Å². The summed E-state index contributed by atoms with van der Waals surface area (Å²) in [7, 11) is 1.63. The number of allylic oxidation sites excluding steroid dienone is 3. The minimum atomic E-state index is 0.490. The van der Waals surface area contributed by atoms with Crippen LogP contribution in [0.4, 0.5) is 0 Å². The van der Waals surface area contributed by atoms with Crippen molar-refractivity contribution in [2.24, 2.45) is 5.73 Å². The third kappa shape index (κ3) is 3.39. The highest BCUT2D eigenvalue weighted by Crippen LogP contribution is 2.11. The van der Waals surface area contributed by atoms with Crippen LogP contribution in [-0.4, -0.2) is 13.7 Å². The molecule has 0 radical (unpaired) electrons. The van der Waals surface area contributed by atoms with Crippen molar-refractivity contribution in [2.75, 3.05) is 13.7 Å². The Morgan fingerprint density at radius 3 is 2.42 bits per heavy atom. The quantitative estimate of drug-likeness (QED) is 0.513. The predicted molar refractivity (Wildman–Crippen MR) is 52.7 cm³/mol. The van der Waals surface area contributed by atoms with Crippen LogP contribution in [-0.2, 0) is 4.74 Å². The van der Waals surface area contributed by atoms with Crippen LogP contribution >= 0.6 is 0 Å². The molecule has 0 fully saturated rings. The van der Waals surface area contributed by atoms with Gasteiger partial charge in [-0.1, -0.05) is 18.2 Å². The van der Waals surface area contributed by atoms with Crippen LogP contribution in [0.25, 0.3) is 0 Å². The van der Waals surface area contributed by atoms with Gasteiger partial charge in [0.2, 0.25) is 0 Å². The molecule has 0 aliphatic heterocycles. The van der Waals surface area contributed by atoms with Gasteiger partial charge in [0, 0.05) is 12.1 Å². The average Bonchev–Trinajstić information content (AvgIpc) is 2.04. The predicted octanol–water partition coefficient (Wildman–Crippen LogP) is 2.00. The maximum atomic E-state index is 5.52. The summed E-state index contributed by atoms with van der Waals surface area (Å²) < 4.78 is 5.16. The second-order valence-electron chi connectivity index (χ2n) is 2.58. The van der Waals surface area contributed by atoms with Gasteiger partial charge in [0.1, 0.15) is 5.76 Å². The normalized spacial score (nSPS) is 13.0. The molecule has 0 saturated heterocycles. The van der Waals surface area contributed by atoms with E-state index in [-0.39, 0.29) is 0 Å². The zero-order valence-electron chi connectivity index (χ0n) is 8.05. The SMILES string of the molecule is C=C(C)/C=C(OC)\C(=C/C)CN. The molecule has 0 bridgehead atoms. The maximum Gasteiger partial charge on any atom is 0.123 e. The monoisotopic (exact) mass is 167 g/mol. The van der Waals surface area contributed by atoms with E-state index in [1.165, 1.54) is 0 Å². The smallest absolute Gasteiger partial charge is 0.123 e. The summed E-state index contributed by atoms with van der Waals surface area (Å²) in [5.74, 6) is 0.799. The van der Waals surface area contributed by atoms with Crippen LogP contribution < -0.4 is 5.73 Å². The van der Waals surface area contributed by atoms with Gasteiger partial charge in [0.15, 0.2) is 0 Å². The molecule has 2 heteroatoms. The average molecular weight is 167 g/mol. The summed E-state index contributed by atoms with van der Waals surface area (Å²) in [6.45, 7) is 8.12. The standard InChI is InChI=1S/C10H17NO/c1-5-9(7-11)10(12-4)6-8(2)3/h5-6H,2,7,11H2,1,3-4H3/b9-5-,10-6+. The first kappa shape index (κ1) is 11.0. The maximum absolute atomic E-state index is 5.52. The molecule has 68 valence electrons. The van der Waals surface area contributed by atoms with Gasteiger partial charge in [-0.2, -0.15) is 0 Å². The molecular weight excluding hydrogens is 150 g/mol. The van der Waals surface area contributed by atoms with E-state index in [9.17, 15) is 0 Å². The summed E-state index contributed by atoms with van der Waals surface area (Å²) >= 11 is 0. The Bertz CT molecular complexity index is 214. The Morgan fingerprint density at radius 1 is 1.58 bits per heavy atom. The number of hydrogen-bond acceptors (Lipinski definition) is 2. The highest BCUT2D eigenvalue weighted by atomic mass is 16.5. The Hall–Kier alpha value is -1.02. The number of ether oxygens (including phenoxy) is 1. The largest absolute Gasteiger partial charge is 0.496 e. The van der Waals surface area contributed by atoms with E-state index in [1.54, 1.807) is 7.11 Å². The number of nitrogens with two attached hydrogens (primary N) is 1. The molecule has 0 amide bonds. The van der Waals surface area contributed by atoms with Gasteiger partial charge in [-0.05, 0) is 19.9 Å². The van der Waals surface area contributed by atoms with E-state index in [2.05, 4.69) is 6.58 Å². The van der Waals surface area contributed by atoms with Gasteiger partial charge in [0.25, 0.3) is 0 Å². The van der Waals surface area contributed by atoms with Crippen molar-refractivity contribution in [2.45, 2.75) is 13.8 Å². The van der Waals surface area contributed by atoms with Gasteiger partial charge < -0.3 is 10.5 Å². The third-order valence-corrected chi connectivity index (χ3v) is 1.48. The molecule has 0 spiro atoms. The molecule has 12 heavy (non-hydrogen) atoms. The van der Waals surface area contributed by atoms with Crippen molar-refractivity contribution in [3.63, 3.8) is 0 Å². The summed E-state index contributed by atoms with van der Waals surface area (Å²) in [5, 5.41) is 0. The van der Waals surface area contributed by atoms with Crippen molar-refractivity contribution in [1.82, 2.24) is 0 Å². The van der Waals surface area contributed by atoms with Crippen molar-refractivity contribution in [3.05, 3.63) is 35.6 Å². The Balaban J connectivity index is 4.65. The summed E-state index contributed by atoms with van der Waals surface area (Å²) in [6.07, 6.45) is 3.82. The van der Waals surface area contributed by atoms with Gasteiger partial charge >= 0.3 is 0 Å². The Morgan fingerprint density at radius 2 is 2.17 bits per heavy atom. The second-order valence-corrected chi connectivity index (χ2v) is 2.58. The topological polar surface area (TPSA) is 35.2 Å². The van der Waals surface area contributed by atoms with Crippen LogP contribution in [0.5, 0.6) is 0 Å². The van der Waals surface area contributed by atoms with Crippen LogP contribution in [0, 0.1) is 0 Å². The molecular formula is C10H17NO. The lowest BCUT2D eigenvalue weighted by Gasteiger charge is -2.08. The highest BCUT2D eigenvalue weighted by Gasteiger charge is 2.00. The summed E-state index contributed by atoms with van der Waals surface area (Å²) in [5.41, 5.74) is 7.48. The van der Waals surface area contributed by atoms with E-state index in [4.69, 9.17) is 10.5 Å². The van der Waals surface area contributed by atoms with Crippen LogP contribution in [0.15, 0.2) is 35.6 Å². The zero-order valence-corrected chi connectivity index (χ0v) is 8.05. The lowest BCUT2D eigenvalue weighted by Crippen LogP contribution is -2.06. The highest BCUT2D eigenvalue weighted by molar-refractivity contribution is 5.31. The number of hydrogen-bond donors (Lipinski definition) is 1. The molecule has 2 nitrogen and oxygen atoms in total. The van der Waals surface area contributed by atoms with Gasteiger partial charge in [-0.15, -0.1) is 0 Å². The van der Waals surface area contributed by atoms with Gasteiger partial charge in [-0.3, -0.25) is 0 Å². The van der Waals surface area contributed by atoms with Crippen LogP contribution in [0.2, 0.25) is 0 Å². The van der Waals surface area contributed by atoms with E-state index in [1.807, 2.05) is 26.0 Å². The molecule has 0 aliphatic rings. The molecule has 0 aromatic heterocycles. The lowest BCUT2D eigenvalue weighted by atomic mass is 10.1. The van der Waals surface area contributed by atoms with E-state index < -0.39 is 0 Å². The summed E-state index contributed by atoms with van der Waals surface area (Å²) in [6, 6.07) is 0. The Kier molecular flexibility index (Phi) is 5.13. The molecule has 0 aliphatic carbocycles. The molecule has 2 N–H and O–H groups in total. The number of rotatable bonds is 4. The fraction of sp³-hybridized carbons (Fsp3) is 0.400. The minimum Gasteiger partial charge on any atom is -0.496 e. The minimum absolute atomic E-state index is 0.490. The van der Waals surface area contributed by atoms with Crippen molar-refractivity contribution < 1.29 is 4.74 Å². The van der Waals surface area contributed by atoms with Gasteiger partial charge in [-0.25, -0.2) is 0 Å². The molecule has 0 rings (SSSR count). The lowest BCUT2D eigenvalue weighted by molar-refractivity contribution is 0.299. The number of methoxy groups -OCH3 is 1.